The van der Waals surface area contributed by atoms with Gasteiger partial charge in [-0.1, -0.05) is 39.0 Å². The second-order valence-corrected chi connectivity index (χ2v) is 7.17. The lowest BCUT2D eigenvalue weighted by molar-refractivity contribution is -0.121. The summed E-state index contributed by atoms with van der Waals surface area (Å²) in [5, 5.41) is 13.5. The lowest BCUT2D eigenvalue weighted by Gasteiger charge is -2.25. The maximum atomic E-state index is 12.3. The lowest BCUT2D eigenvalue weighted by Crippen LogP contribution is -2.40. The van der Waals surface area contributed by atoms with Crippen LogP contribution < -0.4 is 5.32 Å². The molecule has 1 unspecified atom stereocenters. The fourth-order valence-electron chi connectivity index (χ4n) is 2.92. The Morgan fingerprint density at radius 2 is 2.00 bits per heavy atom. The van der Waals surface area contributed by atoms with Crippen molar-refractivity contribution in [3.63, 3.8) is 0 Å². The van der Waals surface area contributed by atoms with E-state index in [9.17, 15) is 9.90 Å². The molecule has 4 heteroatoms. The molecule has 22 heavy (non-hydrogen) atoms. The average Bonchev–Trinajstić information content (AvgIpc) is 2.74. The first kappa shape index (κ1) is 16.6. The molecule has 1 atom stereocenters. The molecule has 1 aromatic carbocycles. The number of aryl methyl sites for hydroxylation is 1. The van der Waals surface area contributed by atoms with E-state index in [0.717, 1.165) is 22.9 Å². The summed E-state index contributed by atoms with van der Waals surface area (Å²) >= 11 is 0. The number of fused-ring (bicyclic) bond motifs is 1. The SMILES string of the molecule is Cn1cc(CC(=O)NC(CO)CC(C)(C)C)c2ccccc21. The zero-order valence-corrected chi connectivity index (χ0v) is 13.9. The van der Waals surface area contributed by atoms with Crippen LogP contribution in [0.25, 0.3) is 10.9 Å². The van der Waals surface area contributed by atoms with Gasteiger partial charge in [-0.2, -0.15) is 0 Å². The number of carbonyl (C=O) groups excluding carboxylic acids is 1. The van der Waals surface area contributed by atoms with E-state index in [2.05, 4.69) is 26.1 Å². The fourth-order valence-corrected chi connectivity index (χ4v) is 2.92. The molecule has 4 nitrogen and oxygen atoms in total. The van der Waals surface area contributed by atoms with E-state index < -0.39 is 0 Å². The minimum atomic E-state index is -0.192. The Bertz CT molecular complexity index is 653. The molecule has 0 bridgehead atoms. The molecule has 1 amide bonds. The molecule has 0 aliphatic carbocycles. The van der Waals surface area contributed by atoms with Crippen molar-refractivity contribution in [1.29, 1.82) is 0 Å². The van der Waals surface area contributed by atoms with Crippen molar-refractivity contribution in [1.82, 2.24) is 9.88 Å². The van der Waals surface area contributed by atoms with Gasteiger partial charge in [0.1, 0.15) is 0 Å². The predicted molar refractivity (Wildman–Crippen MR) is 89.7 cm³/mol. The molecule has 2 rings (SSSR count). The number of rotatable bonds is 5. The summed E-state index contributed by atoms with van der Waals surface area (Å²) in [6.45, 7) is 6.28. The maximum absolute atomic E-state index is 12.3. The molecule has 0 radical (unpaired) electrons. The molecule has 0 aliphatic heterocycles. The van der Waals surface area contributed by atoms with Gasteiger partial charge in [-0.25, -0.2) is 0 Å². The molecular weight excluding hydrogens is 276 g/mol. The summed E-state index contributed by atoms with van der Waals surface area (Å²) in [7, 11) is 1.99. The van der Waals surface area contributed by atoms with Crippen molar-refractivity contribution in [3.05, 3.63) is 36.0 Å². The highest BCUT2D eigenvalue weighted by molar-refractivity contribution is 5.89. The van der Waals surface area contributed by atoms with Gasteiger partial charge in [0, 0.05) is 24.1 Å². The molecule has 0 saturated carbocycles. The Morgan fingerprint density at radius 1 is 1.32 bits per heavy atom. The number of hydrogen-bond acceptors (Lipinski definition) is 2. The topological polar surface area (TPSA) is 54.3 Å². The van der Waals surface area contributed by atoms with Crippen LogP contribution in [-0.2, 0) is 18.3 Å². The van der Waals surface area contributed by atoms with Crippen LogP contribution in [0.1, 0.15) is 32.8 Å². The van der Waals surface area contributed by atoms with E-state index in [-0.39, 0.29) is 24.0 Å². The van der Waals surface area contributed by atoms with E-state index in [4.69, 9.17) is 0 Å². The molecular formula is C18H26N2O2. The highest BCUT2D eigenvalue weighted by Gasteiger charge is 2.20. The van der Waals surface area contributed by atoms with Gasteiger partial charge < -0.3 is 15.0 Å². The first-order valence-corrected chi connectivity index (χ1v) is 7.73. The van der Waals surface area contributed by atoms with Gasteiger partial charge in [0.05, 0.1) is 19.1 Å². The smallest absolute Gasteiger partial charge is 0.224 e. The Labute approximate surface area is 132 Å². The molecule has 0 saturated heterocycles. The third-order valence-electron chi connectivity index (χ3n) is 3.77. The van der Waals surface area contributed by atoms with Gasteiger partial charge in [-0.15, -0.1) is 0 Å². The first-order chi connectivity index (χ1) is 10.3. The summed E-state index contributed by atoms with van der Waals surface area (Å²) < 4.78 is 2.04. The molecule has 0 fully saturated rings. The van der Waals surface area contributed by atoms with Crippen molar-refractivity contribution in [2.45, 2.75) is 39.7 Å². The van der Waals surface area contributed by atoms with Crippen LogP contribution in [0.3, 0.4) is 0 Å². The van der Waals surface area contributed by atoms with E-state index in [1.54, 1.807) is 0 Å². The number of amides is 1. The summed E-state index contributed by atoms with van der Waals surface area (Å²) in [5.41, 5.74) is 2.21. The second-order valence-electron chi connectivity index (χ2n) is 7.17. The third kappa shape index (κ3) is 4.10. The van der Waals surface area contributed by atoms with Gasteiger partial charge in [0.25, 0.3) is 0 Å². The van der Waals surface area contributed by atoms with E-state index >= 15 is 0 Å². The number of carbonyl (C=O) groups is 1. The Hall–Kier alpha value is -1.81. The summed E-state index contributed by atoms with van der Waals surface area (Å²) in [5.74, 6) is -0.0420. The number of aromatic nitrogens is 1. The second kappa shape index (κ2) is 6.53. The summed E-state index contributed by atoms with van der Waals surface area (Å²) in [6.07, 6.45) is 3.09. The number of aliphatic hydroxyl groups excluding tert-OH is 1. The van der Waals surface area contributed by atoms with Crippen LogP contribution in [0, 0.1) is 5.41 Å². The minimum absolute atomic E-state index is 0.0292. The highest BCUT2D eigenvalue weighted by atomic mass is 16.3. The highest BCUT2D eigenvalue weighted by Crippen LogP contribution is 2.22. The van der Waals surface area contributed by atoms with Crippen LogP contribution >= 0.6 is 0 Å². The molecule has 0 aliphatic rings. The van der Waals surface area contributed by atoms with Crippen LogP contribution in [0.5, 0.6) is 0 Å². The minimum Gasteiger partial charge on any atom is -0.394 e. The van der Waals surface area contributed by atoms with E-state index in [1.807, 2.05) is 42.1 Å². The first-order valence-electron chi connectivity index (χ1n) is 7.73. The third-order valence-corrected chi connectivity index (χ3v) is 3.77. The van der Waals surface area contributed by atoms with Gasteiger partial charge in [0.15, 0.2) is 0 Å². The number of hydrogen-bond donors (Lipinski definition) is 2. The quantitative estimate of drug-likeness (QED) is 0.892. The average molecular weight is 302 g/mol. The number of benzene rings is 1. The van der Waals surface area contributed by atoms with Crippen LogP contribution in [0.15, 0.2) is 30.5 Å². The maximum Gasteiger partial charge on any atom is 0.224 e. The fraction of sp³-hybridized carbons (Fsp3) is 0.500. The Morgan fingerprint density at radius 3 is 2.64 bits per heavy atom. The van der Waals surface area contributed by atoms with Crippen molar-refractivity contribution in [2.24, 2.45) is 12.5 Å². The summed E-state index contributed by atoms with van der Waals surface area (Å²) in [4.78, 5) is 12.3. The van der Waals surface area contributed by atoms with Crippen LogP contribution in [0.4, 0.5) is 0 Å². The van der Waals surface area contributed by atoms with Crippen LogP contribution in [0.2, 0.25) is 0 Å². The lowest BCUT2D eigenvalue weighted by atomic mass is 9.88. The monoisotopic (exact) mass is 302 g/mol. The van der Waals surface area contributed by atoms with Gasteiger partial charge in [-0.05, 0) is 23.5 Å². The van der Waals surface area contributed by atoms with Gasteiger partial charge >= 0.3 is 0 Å². The van der Waals surface area contributed by atoms with Crippen LogP contribution in [-0.4, -0.2) is 28.2 Å². The van der Waals surface area contributed by atoms with Crippen molar-refractivity contribution < 1.29 is 9.90 Å². The van der Waals surface area contributed by atoms with Crippen molar-refractivity contribution in [2.75, 3.05) is 6.61 Å². The van der Waals surface area contributed by atoms with E-state index in [0.29, 0.717) is 6.42 Å². The molecule has 1 heterocycles. The van der Waals surface area contributed by atoms with E-state index in [1.165, 1.54) is 0 Å². The standard InChI is InChI=1S/C18H26N2O2/c1-18(2,3)10-14(12-21)19-17(22)9-13-11-20(4)16-8-6-5-7-15(13)16/h5-8,11,14,21H,9-10,12H2,1-4H3,(H,19,22). The Balaban J connectivity index is 2.07. The van der Waals surface area contributed by atoms with Crippen molar-refractivity contribution in [3.8, 4) is 0 Å². The van der Waals surface area contributed by atoms with Gasteiger partial charge in [0.2, 0.25) is 5.91 Å². The number of para-hydroxylation sites is 1. The van der Waals surface area contributed by atoms with Gasteiger partial charge in [-0.3, -0.25) is 4.79 Å². The molecule has 120 valence electrons. The number of nitrogens with one attached hydrogen (secondary N) is 1. The molecule has 0 spiro atoms. The molecule has 2 N–H and O–H groups in total. The zero-order chi connectivity index (χ0) is 16.3. The predicted octanol–water partition coefficient (Wildman–Crippen LogP) is 2.63. The normalized spacial score (nSPS) is 13.3. The summed E-state index contributed by atoms with van der Waals surface area (Å²) in [6, 6.07) is 7.88. The largest absolute Gasteiger partial charge is 0.394 e. The van der Waals surface area contributed by atoms with Crippen molar-refractivity contribution >= 4 is 16.8 Å². The zero-order valence-electron chi connectivity index (χ0n) is 13.9. The number of nitrogens with zero attached hydrogens (tertiary/aromatic N) is 1. The number of aliphatic hydroxyl groups is 1. The molecule has 2 aromatic rings. The Kier molecular flexibility index (Phi) is 4.91. The molecule has 1 aromatic heterocycles.